The van der Waals surface area contributed by atoms with Crippen LogP contribution in [0.2, 0.25) is 0 Å². The number of thiophene rings is 1. The van der Waals surface area contributed by atoms with Crippen LogP contribution in [0.4, 0.5) is 0 Å². The molecule has 1 fully saturated rings. The standard InChI is InChI=1S/C10H11NOS/c11-6-8-5-9(13-7-8)1-2-10(12)3-4-10/h5,7,12H,1-4H2. The molecule has 3 heteroatoms. The summed E-state index contributed by atoms with van der Waals surface area (Å²) in [5.41, 5.74) is 0.374. The molecule has 68 valence electrons. The van der Waals surface area contributed by atoms with Crippen LogP contribution in [0.25, 0.3) is 0 Å². The summed E-state index contributed by atoms with van der Waals surface area (Å²) in [6.07, 6.45) is 3.65. The molecule has 0 amide bonds. The van der Waals surface area contributed by atoms with Crippen molar-refractivity contribution in [1.29, 1.82) is 5.26 Å². The lowest BCUT2D eigenvalue weighted by atomic mass is 10.1. The first kappa shape index (κ1) is 8.74. The SMILES string of the molecule is N#Cc1csc(CCC2(O)CC2)c1. The van der Waals surface area contributed by atoms with Gasteiger partial charge in [0.25, 0.3) is 0 Å². The van der Waals surface area contributed by atoms with Crippen molar-refractivity contribution in [1.82, 2.24) is 0 Å². The van der Waals surface area contributed by atoms with Gasteiger partial charge in [0.15, 0.2) is 0 Å². The van der Waals surface area contributed by atoms with Crippen LogP contribution < -0.4 is 0 Å². The number of hydrogen-bond acceptors (Lipinski definition) is 3. The van der Waals surface area contributed by atoms with Crippen molar-refractivity contribution >= 4 is 11.3 Å². The molecule has 0 bridgehead atoms. The minimum atomic E-state index is -0.364. The molecule has 2 nitrogen and oxygen atoms in total. The van der Waals surface area contributed by atoms with Crippen molar-refractivity contribution in [3.8, 4) is 6.07 Å². The number of hydrogen-bond donors (Lipinski definition) is 1. The van der Waals surface area contributed by atoms with Gasteiger partial charge in [0.1, 0.15) is 0 Å². The van der Waals surface area contributed by atoms with Crippen LogP contribution in [-0.4, -0.2) is 10.7 Å². The Morgan fingerprint density at radius 3 is 2.92 bits per heavy atom. The molecule has 13 heavy (non-hydrogen) atoms. The monoisotopic (exact) mass is 193 g/mol. The van der Waals surface area contributed by atoms with Gasteiger partial charge in [-0.25, -0.2) is 0 Å². The molecule has 0 spiro atoms. The van der Waals surface area contributed by atoms with Gasteiger partial charge >= 0.3 is 0 Å². The molecule has 1 aliphatic carbocycles. The quantitative estimate of drug-likeness (QED) is 0.798. The minimum absolute atomic E-state index is 0.364. The average molecular weight is 193 g/mol. The second-order valence-corrected chi connectivity index (χ2v) is 4.63. The van der Waals surface area contributed by atoms with Gasteiger partial charge in [-0.15, -0.1) is 11.3 Å². The molecule has 0 atom stereocenters. The van der Waals surface area contributed by atoms with Crippen molar-refractivity contribution in [2.24, 2.45) is 0 Å². The Morgan fingerprint density at radius 2 is 2.38 bits per heavy atom. The maximum atomic E-state index is 9.59. The summed E-state index contributed by atoms with van der Waals surface area (Å²) in [6.45, 7) is 0. The third-order valence-corrected chi connectivity index (χ3v) is 3.44. The van der Waals surface area contributed by atoms with Crippen LogP contribution in [0.5, 0.6) is 0 Å². The fraction of sp³-hybridized carbons (Fsp3) is 0.500. The fourth-order valence-corrected chi connectivity index (χ4v) is 2.13. The third-order valence-electron chi connectivity index (χ3n) is 2.45. The molecule has 1 aliphatic rings. The lowest BCUT2D eigenvalue weighted by Crippen LogP contribution is -2.06. The number of nitriles is 1. The number of rotatable bonds is 3. The Balaban J connectivity index is 1.91. The molecule has 0 aliphatic heterocycles. The van der Waals surface area contributed by atoms with Gasteiger partial charge in [0.2, 0.25) is 0 Å². The van der Waals surface area contributed by atoms with E-state index in [9.17, 15) is 5.11 Å². The lowest BCUT2D eigenvalue weighted by molar-refractivity contribution is 0.141. The molecule has 1 saturated carbocycles. The Bertz CT molecular complexity index is 346. The van der Waals surface area contributed by atoms with Crippen molar-refractivity contribution in [3.63, 3.8) is 0 Å². The van der Waals surface area contributed by atoms with Gasteiger partial charge in [-0.2, -0.15) is 5.26 Å². The normalized spacial score (nSPS) is 18.2. The highest BCUT2D eigenvalue weighted by atomic mass is 32.1. The highest BCUT2D eigenvalue weighted by Crippen LogP contribution is 2.39. The summed E-state index contributed by atoms with van der Waals surface area (Å²) in [4.78, 5) is 1.21. The highest BCUT2D eigenvalue weighted by Gasteiger charge is 2.39. The van der Waals surface area contributed by atoms with Crippen molar-refractivity contribution in [2.75, 3.05) is 0 Å². The predicted octanol–water partition coefficient (Wildman–Crippen LogP) is 2.08. The number of aliphatic hydroxyl groups is 1. The summed E-state index contributed by atoms with van der Waals surface area (Å²) in [6, 6.07) is 4.02. The van der Waals surface area contributed by atoms with Gasteiger partial charge < -0.3 is 5.11 Å². The van der Waals surface area contributed by atoms with Crippen molar-refractivity contribution in [3.05, 3.63) is 21.9 Å². The van der Waals surface area contributed by atoms with Crippen molar-refractivity contribution in [2.45, 2.75) is 31.3 Å². The average Bonchev–Trinajstić information content (AvgIpc) is 2.69. The van der Waals surface area contributed by atoms with E-state index in [-0.39, 0.29) is 5.60 Å². The predicted molar refractivity (Wildman–Crippen MR) is 51.5 cm³/mol. The minimum Gasteiger partial charge on any atom is -0.390 e. The Morgan fingerprint density at radius 1 is 1.62 bits per heavy atom. The van der Waals surface area contributed by atoms with Crippen LogP contribution in [-0.2, 0) is 6.42 Å². The molecule has 0 aromatic carbocycles. The highest BCUT2D eigenvalue weighted by molar-refractivity contribution is 7.10. The van der Waals surface area contributed by atoms with Gasteiger partial charge in [0.05, 0.1) is 17.2 Å². The van der Waals surface area contributed by atoms with Crippen LogP contribution in [0.1, 0.15) is 29.7 Å². The van der Waals surface area contributed by atoms with E-state index in [1.165, 1.54) is 4.88 Å². The summed E-state index contributed by atoms with van der Waals surface area (Å²) in [5.74, 6) is 0. The van der Waals surface area contributed by atoms with Gasteiger partial charge in [-0.3, -0.25) is 0 Å². The molecule has 0 saturated heterocycles. The van der Waals surface area contributed by atoms with Crippen LogP contribution >= 0.6 is 11.3 Å². The molecular formula is C10H11NOS. The maximum absolute atomic E-state index is 9.59. The maximum Gasteiger partial charge on any atom is 0.1000 e. The summed E-state index contributed by atoms with van der Waals surface area (Å²) in [5, 5.41) is 20.1. The Hall–Kier alpha value is -0.850. The molecular weight excluding hydrogens is 182 g/mol. The van der Waals surface area contributed by atoms with Gasteiger partial charge in [0, 0.05) is 10.3 Å². The van der Waals surface area contributed by atoms with Gasteiger partial charge in [-0.1, -0.05) is 0 Å². The van der Waals surface area contributed by atoms with Crippen LogP contribution in [0, 0.1) is 11.3 Å². The molecule has 1 aromatic rings. The molecule has 0 unspecified atom stereocenters. The Kier molecular flexibility index (Phi) is 2.10. The molecule has 1 N–H and O–H groups in total. The Labute approximate surface area is 81.4 Å². The molecule has 1 aromatic heterocycles. The van der Waals surface area contributed by atoms with Crippen molar-refractivity contribution < 1.29 is 5.11 Å². The number of aryl methyl sites for hydroxylation is 1. The summed E-state index contributed by atoms with van der Waals surface area (Å²) >= 11 is 1.61. The molecule has 1 heterocycles. The van der Waals surface area contributed by atoms with E-state index >= 15 is 0 Å². The van der Waals surface area contributed by atoms with E-state index in [0.29, 0.717) is 0 Å². The zero-order valence-electron chi connectivity index (χ0n) is 7.29. The number of nitrogens with zero attached hydrogens (tertiary/aromatic N) is 1. The summed E-state index contributed by atoms with van der Waals surface area (Å²) < 4.78 is 0. The smallest absolute Gasteiger partial charge is 0.1000 e. The first-order valence-corrected chi connectivity index (χ1v) is 5.30. The topological polar surface area (TPSA) is 44.0 Å². The first-order chi connectivity index (χ1) is 6.22. The first-order valence-electron chi connectivity index (χ1n) is 4.42. The second-order valence-electron chi connectivity index (χ2n) is 3.64. The fourth-order valence-electron chi connectivity index (χ4n) is 1.32. The largest absolute Gasteiger partial charge is 0.390 e. The van der Waals surface area contributed by atoms with E-state index in [1.54, 1.807) is 11.3 Å². The zero-order valence-corrected chi connectivity index (χ0v) is 8.10. The van der Waals surface area contributed by atoms with Crippen LogP contribution in [0.3, 0.4) is 0 Å². The lowest BCUT2D eigenvalue weighted by Gasteiger charge is -2.04. The van der Waals surface area contributed by atoms with E-state index in [0.717, 1.165) is 31.2 Å². The summed E-state index contributed by atoms with van der Waals surface area (Å²) in [7, 11) is 0. The van der Waals surface area contributed by atoms with E-state index in [2.05, 4.69) is 6.07 Å². The van der Waals surface area contributed by atoms with E-state index < -0.39 is 0 Å². The van der Waals surface area contributed by atoms with Crippen LogP contribution in [0.15, 0.2) is 11.4 Å². The van der Waals surface area contributed by atoms with E-state index in [4.69, 9.17) is 5.26 Å². The van der Waals surface area contributed by atoms with Gasteiger partial charge in [-0.05, 0) is 31.7 Å². The second kappa shape index (κ2) is 3.13. The van der Waals surface area contributed by atoms with E-state index in [1.807, 2.05) is 11.4 Å². The molecule has 2 rings (SSSR count). The zero-order chi connectivity index (χ0) is 9.31. The molecule has 0 radical (unpaired) electrons. The third kappa shape index (κ3) is 2.09.